The summed E-state index contributed by atoms with van der Waals surface area (Å²) in [5, 5.41) is 8.86. The van der Waals surface area contributed by atoms with Gasteiger partial charge in [-0.1, -0.05) is 6.42 Å². The molecule has 1 unspecified atom stereocenters. The summed E-state index contributed by atoms with van der Waals surface area (Å²) >= 11 is 0. The molecule has 1 atom stereocenters. The summed E-state index contributed by atoms with van der Waals surface area (Å²) in [7, 11) is 0. The van der Waals surface area contributed by atoms with Gasteiger partial charge in [0.2, 0.25) is 0 Å². The van der Waals surface area contributed by atoms with Crippen molar-refractivity contribution in [3.8, 4) is 5.75 Å². The van der Waals surface area contributed by atoms with Crippen molar-refractivity contribution in [1.29, 1.82) is 0 Å². The van der Waals surface area contributed by atoms with E-state index in [1.165, 1.54) is 6.20 Å². The summed E-state index contributed by atoms with van der Waals surface area (Å²) < 4.78 is 42.6. The monoisotopic (exact) mass is 289 g/mol. The lowest BCUT2D eigenvalue weighted by molar-refractivity contribution is -0.189. The second kappa shape index (κ2) is 5.30. The zero-order valence-electron chi connectivity index (χ0n) is 10.8. The van der Waals surface area contributed by atoms with Crippen molar-refractivity contribution in [1.82, 2.24) is 4.98 Å². The molecule has 1 aliphatic rings. The number of alkyl halides is 3. The fourth-order valence-electron chi connectivity index (χ4n) is 1.95. The van der Waals surface area contributed by atoms with Crippen LogP contribution in [0.5, 0.6) is 5.75 Å². The smallest absolute Gasteiger partial charge is 0.425 e. The number of ether oxygens (including phenoxy) is 1. The highest BCUT2D eigenvalue weighted by Crippen LogP contribution is 2.41. The quantitative estimate of drug-likeness (QED) is 0.923. The van der Waals surface area contributed by atoms with Crippen LogP contribution in [0.15, 0.2) is 12.3 Å². The van der Waals surface area contributed by atoms with E-state index in [0.29, 0.717) is 5.56 Å². The van der Waals surface area contributed by atoms with Crippen molar-refractivity contribution in [3.05, 3.63) is 23.5 Å². The van der Waals surface area contributed by atoms with Crippen LogP contribution in [0.4, 0.5) is 13.2 Å². The molecule has 0 aromatic carbocycles. The van der Waals surface area contributed by atoms with E-state index in [4.69, 9.17) is 9.84 Å². The summed E-state index contributed by atoms with van der Waals surface area (Å²) in [5.41, 5.74) is 0.231. The van der Waals surface area contributed by atoms with E-state index < -0.39 is 18.2 Å². The number of halogens is 3. The number of rotatable bonds is 4. The van der Waals surface area contributed by atoms with Gasteiger partial charge in [-0.25, -0.2) is 9.78 Å². The minimum Gasteiger partial charge on any atom is -0.481 e. The van der Waals surface area contributed by atoms with Crippen LogP contribution in [0.1, 0.15) is 48.2 Å². The zero-order valence-corrected chi connectivity index (χ0v) is 10.8. The highest BCUT2D eigenvalue weighted by atomic mass is 19.4. The largest absolute Gasteiger partial charge is 0.481 e. The number of pyridine rings is 1. The van der Waals surface area contributed by atoms with Crippen LogP contribution in [0, 0.1) is 0 Å². The molecule has 1 N–H and O–H groups in total. The van der Waals surface area contributed by atoms with Gasteiger partial charge in [0.15, 0.2) is 11.8 Å². The molecular formula is C13H14F3NO3. The highest BCUT2D eigenvalue weighted by molar-refractivity contribution is 5.85. The van der Waals surface area contributed by atoms with E-state index in [-0.39, 0.29) is 17.4 Å². The first-order valence-corrected chi connectivity index (χ1v) is 6.25. The molecule has 1 aromatic heterocycles. The predicted molar refractivity (Wildman–Crippen MR) is 63.9 cm³/mol. The van der Waals surface area contributed by atoms with Crippen LogP contribution in [0.2, 0.25) is 0 Å². The zero-order chi connectivity index (χ0) is 14.9. The molecule has 0 amide bonds. The average molecular weight is 289 g/mol. The van der Waals surface area contributed by atoms with E-state index in [1.54, 1.807) is 0 Å². The Balaban J connectivity index is 2.31. The molecule has 20 heavy (non-hydrogen) atoms. The first kappa shape index (κ1) is 14.6. The molecule has 1 aromatic rings. The van der Waals surface area contributed by atoms with Crippen molar-refractivity contribution in [2.45, 2.75) is 44.4 Å². The van der Waals surface area contributed by atoms with Crippen molar-refractivity contribution < 1.29 is 27.8 Å². The van der Waals surface area contributed by atoms with Gasteiger partial charge in [-0.3, -0.25) is 0 Å². The first-order valence-electron chi connectivity index (χ1n) is 6.25. The number of carbonyl (C=O) groups is 1. The molecule has 0 bridgehead atoms. The number of aromatic carboxylic acids is 1. The predicted octanol–water partition coefficient (Wildman–Crippen LogP) is 3.38. The summed E-state index contributed by atoms with van der Waals surface area (Å²) in [5.74, 6) is -1.23. The third-order valence-electron chi connectivity index (χ3n) is 3.42. The fraction of sp³-hybridized carbons (Fsp3) is 0.538. The number of hydrogen-bond donors (Lipinski definition) is 1. The second-order valence-corrected chi connectivity index (χ2v) is 4.84. The number of carboxylic acids is 1. The topological polar surface area (TPSA) is 59.4 Å². The second-order valence-electron chi connectivity index (χ2n) is 4.84. The van der Waals surface area contributed by atoms with Crippen LogP contribution in [0.25, 0.3) is 0 Å². The Morgan fingerprint density at radius 1 is 1.50 bits per heavy atom. The van der Waals surface area contributed by atoms with Gasteiger partial charge in [-0.2, -0.15) is 13.2 Å². The molecule has 7 heteroatoms. The molecule has 2 rings (SSSR count). The fourth-order valence-corrected chi connectivity index (χ4v) is 1.95. The Kier molecular flexibility index (Phi) is 3.87. The summed E-state index contributed by atoms with van der Waals surface area (Å²) in [6, 6.07) is 1.07. The summed E-state index contributed by atoms with van der Waals surface area (Å²) in [6.07, 6.45) is -2.48. The SMILES string of the molecule is CC(Oc1cc(C(=O)O)ncc1C1CCC1)C(F)(F)F. The van der Waals surface area contributed by atoms with E-state index in [1.807, 2.05) is 0 Å². The van der Waals surface area contributed by atoms with Crippen LogP contribution in [-0.4, -0.2) is 28.3 Å². The lowest BCUT2D eigenvalue weighted by Gasteiger charge is -2.28. The maximum Gasteiger partial charge on any atom is 0.425 e. The van der Waals surface area contributed by atoms with E-state index in [2.05, 4.69) is 4.98 Å². The number of aromatic nitrogens is 1. The lowest BCUT2D eigenvalue weighted by atomic mass is 9.80. The Labute approximate surface area is 113 Å². The average Bonchev–Trinajstić information content (AvgIpc) is 2.27. The van der Waals surface area contributed by atoms with Crippen molar-refractivity contribution in [3.63, 3.8) is 0 Å². The van der Waals surface area contributed by atoms with Crippen LogP contribution < -0.4 is 4.74 Å². The third kappa shape index (κ3) is 3.02. The molecule has 0 aliphatic heterocycles. The van der Waals surface area contributed by atoms with Crippen LogP contribution >= 0.6 is 0 Å². The molecule has 0 radical (unpaired) electrons. The molecule has 110 valence electrons. The summed E-state index contributed by atoms with van der Waals surface area (Å²) in [6.45, 7) is 0.894. The standard InChI is InChI=1S/C13H14F3NO3/c1-7(13(14,15)16)20-11-5-10(12(18)19)17-6-9(11)8-3-2-4-8/h5-8H,2-4H2,1H3,(H,18,19). The van der Waals surface area contributed by atoms with Gasteiger partial charge in [0, 0.05) is 17.8 Å². The molecule has 1 fully saturated rings. The first-order chi connectivity index (χ1) is 9.29. The molecule has 1 heterocycles. The highest BCUT2D eigenvalue weighted by Gasteiger charge is 2.39. The van der Waals surface area contributed by atoms with Crippen molar-refractivity contribution >= 4 is 5.97 Å². The normalized spacial score (nSPS) is 17.4. The van der Waals surface area contributed by atoms with Gasteiger partial charge in [0.05, 0.1) is 0 Å². The molecule has 0 saturated heterocycles. The van der Waals surface area contributed by atoms with Gasteiger partial charge in [-0.05, 0) is 25.7 Å². The minimum atomic E-state index is -4.50. The Morgan fingerprint density at radius 3 is 2.60 bits per heavy atom. The Morgan fingerprint density at radius 2 is 2.15 bits per heavy atom. The number of nitrogens with zero attached hydrogens (tertiary/aromatic N) is 1. The molecular weight excluding hydrogens is 275 g/mol. The van der Waals surface area contributed by atoms with Gasteiger partial charge in [-0.15, -0.1) is 0 Å². The van der Waals surface area contributed by atoms with Gasteiger partial charge < -0.3 is 9.84 Å². The third-order valence-corrected chi connectivity index (χ3v) is 3.42. The summed E-state index contributed by atoms with van der Waals surface area (Å²) in [4.78, 5) is 14.6. The van der Waals surface area contributed by atoms with Crippen molar-refractivity contribution in [2.75, 3.05) is 0 Å². The Hall–Kier alpha value is -1.79. The van der Waals surface area contributed by atoms with Gasteiger partial charge in [0.25, 0.3) is 0 Å². The molecule has 4 nitrogen and oxygen atoms in total. The molecule has 1 saturated carbocycles. The molecule has 0 spiro atoms. The van der Waals surface area contributed by atoms with Gasteiger partial charge >= 0.3 is 12.1 Å². The number of hydrogen-bond acceptors (Lipinski definition) is 3. The van der Waals surface area contributed by atoms with Gasteiger partial charge in [0.1, 0.15) is 5.75 Å². The lowest BCUT2D eigenvalue weighted by Crippen LogP contribution is -2.32. The van der Waals surface area contributed by atoms with E-state index in [9.17, 15) is 18.0 Å². The maximum absolute atomic E-state index is 12.6. The van der Waals surface area contributed by atoms with Crippen LogP contribution in [-0.2, 0) is 0 Å². The minimum absolute atomic E-state index is 0.0353. The number of carboxylic acid groups (broad SMARTS) is 1. The maximum atomic E-state index is 12.6. The van der Waals surface area contributed by atoms with Crippen LogP contribution in [0.3, 0.4) is 0 Å². The van der Waals surface area contributed by atoms with E-state index >= 15 is 0 Å². The Bertz CT molecular complexity index is 512. The van der Waals surface area contributed by atoms with E-state index in [0.717, 1.165) is 32.3 Å². The van der Waals surface area contributed by atoms with Crippen molar-refractivity contribution in [2.24, 2.45) is 0 Å². The molecule has 1 aliphatic carbocycles.